The number of anilines is 1. The zero-order valence-electron chi connectivity index (χ0n) is 15.4. The van der Waals surface area contributed by atoms with Crippen LogP contribution in [0.4, 0.5) is 10.1 Å². The minimum atomic E-state index is -4.01. The molecule has 0 spiro atoms. The summed E-state index contributed by atoms with van der Waals surface area (Å²) < 4.78 is 51.1. The molecule has 150 valence electrons. The van der Waals surface area contributed by atoms with Crippen molar-refractivity contribution in [3.8, 4) is 5.75 Å². The van der Waals surface area contributed by atoms with Gasteiger partial charge < -0.3 is 14.8 Å². The van der Waals surface area contributed by atoms with Crippen LogP contribution in [-0.4, -0.2) is 52.0 Å². The predicted molar refractivity (Wildman–Crippen MR) is 101 cm³/mol. The molecule has 0 aliphatic carbocycles. The molecule has 1 aliphatic heterocycles. The van der Waals surface area contributed by atoms with Crippen LogP contribution in [0.25, 0.3) is 0 Å². The molecule has 2 aromatic rings. The molecule has 0 saturated carbocycles. The van der Waals surface area contributed by atoms with Crippen molar-refractivity contribution in [3.05, 3.63) is 53.8 Å². The summed E-state index contributed by atoms with van der Waals surface area (Å²) in [7, 11) is -2.47. The van der Waals surface area contributed by atoms with Crippen LogP contribution in [0.1, 0.15) is 5.56 Å². The number of rotatable bonds is 6. The minimum absolute atomic E-state index is 0.0696. The van der Waals surface area contributed by atoms with E-state index in [4.69, 9.17) is 9.47 Å². The highest BCUT2D eigenvalue weighted by Gasteiger charge is 2.29. The topological polar surface area (TPSA) is 84.9 Å². The van der Waals surface area contributed by atoms with Gasteiger partial charge in [-0.3, -0.25) is 4.79 Å². The molecule has 1 heterocycles. The summed E-state index contributed by atoms with van der Waals surface area (Å²) in [6.45, 7) is 0.845. The van der Waals surface area contributed by atoms with Crippen LogP contribution in [0, 0.1) is 5.82 Å². The SMILES string of the molecule is COc1cccc(CC(=O)Nc2ccc(F)c(S(=O)(=O)N3CCOCC3)c2)c1. The fourth-order valence-electron chi connectivity index (χ4n) is 2.88. The Morgan fingerprint density at radius 3 is 2.68 bits per heavy atom. The summed E-state index contributed by atoms with van der Waals surface area (Å²) >= 11 is 0. The van der Waals surface area contributed by atoms with Crippen LogP contribution in [0.15, 0.2) is 47.4 Å². The highest BCUT2D eigenvalue weighted by Crippen LogP contribution is 2.24. The normalized spacial score (nSPS) is 15.2. The summed E-state index contributed by atoms with van der Waals surface area (Å²) in [5, 5.41) is 2.62. The Morgan fingerprint density at radius 2 is 1.96 bits per heavy atom. The van der Waals surface area contributed by atoms with Crippen molar-refractivity contribution in [2.45, 2.75) is 11.3 Å². The van der Waals surface area contributed by atoms with E-state index in [9.17, 15) is 17.6 Å². The van der Waals surface area contributed by atoms with Crippen LogP contribution in [0.5, 0.6) is 5.75 Å². The first kappa shape index (κ1) is 20.2. The molecule has 0 atom stereocenters. The molecule has 0 aromatic heterocycles. The molecule has 1 fully saturated rings. The Labute approximate surface area is 163 Å². The third-order valence-corrected chi connectivity index (χ3v) is 6.22. The van der Waals surface area contributed by atoms with Crippen molar-refractivity contribution < 1.29 is 27.1 Å². The molecule has 1 N–H and O–H groups in total. The first-order chi connectivity index (χ1) is 13.4. The third kappa shape index (κ3) is 4.67. The first-order valence-electron chi connectivity index (χ1n) is 8.70. The quantitative estimate of drug-likeness (QED) is 0.791. The number of carbonyl (C=O) groups is 1. The molecule has 0 unspecified atom stereocenters. The van der Waals surface area contributed by atoms with Gasteiger partial charge in [-0.25, -0.2) is 12.8 Å². The maximum Gasteiger partial charge on any atom is 0.246 e. The lowest BCUT2D eigenvalue weighted by Gasteiger charge is -2.26. The lowest BCUT2D eigenvalue weighted by atomic mass is 10.1. The van der Waals surface area contributed by atoms with E-state index in [2.05, 4.69) is 5.32 Å². The molecule has 2 aromatic carbocycles. The van der Waals surface area contributed by atoms with Crippen LogP contribution >= 0.6 is 0 Å². The number of ether oxygens (including phenoxy) is 2. The monoisotopic (exact) mass is 408 g/mol. The maximum atomic E-state index is 14.2. The number of nitrogens with zero attached hydrogens (tertiary/aromatic N) is 1. The third-order valence-electron chi connectivity index (χ3n) is 4.30. The maximum absolute atomic E-state index is 14.2. The number of hydrogen-bond acceptors (Lipinski definition) is 5. The molecule has 0 bridgehead atoms. The van der Waals surface area contributed by atoms with Crippen molar-refractivity contribution in [3.63, 3.8) is 0 Å². The van der Waals surface area contributed by atoms with Gasteiger partial charge in [-0.15, -0.1) is 0 Å². The van der Waals surface area contributed by atoms with Gasteiger partial charge in [0.25, 0.3) is 0 Å². The van der Waals surface area contributed by atoms with Crippen LogP contribution in [0.3, 0.4) is 0 Å². The van der Waals surface area contributed by atoms with Gasteiger partial charge >= 0.3 is 0 Å². The summed E-state index contributed by atoms with van der Waals surface area (Å²) in [6.07, 6.45) is 0.0696. The number of morpholine rings is 1. The number of halogens is 1. The molecular formula is C19H21FN2O5S. The summed E-state index contributed by atoms with van der Waals surface area (Å²) in [5.41, 5.74) is 0.946. The number of benzene rings is 2. The molecule has 3 rings (SSSR count). The smallest absolute Gasteiger partial charge is 0.246 e. The second kappa shape index (κ2) is 8.68. The summed E-state index contributed by atoms with van der Waals surface area (Å²) in [4.78, 5) is 11.8. The van der Waals surface area contributed by atoms with Crippen molar-refractivity contribution in [1.29, 1.82) is 0 Å². The molecule has 7 nitrogen and oxygen atoms in total. The van der Waals surface area contributed by atoms with Crippen LogP contribution < -0.4 is 10.1 Å². The molecule has 0 radical (unpaired) electrons. The van der Waals surface area contributed by atoms with Crippen LogP contribution in [-0.2, 0) is 26.0 Å². The van der Waals surface area contributed by atoms with E-state index in [0.717, 1.165) is 17.7 Å². The predicted octanol–water partition coefficient (Wildman–Crippen LogP) is 2.04. The van der Waals surface area contributed by atoms with Crippen molar-refractivity contribution in [2.24, 2.45) is 0 Å². The van der Waals surface area contributed by atoms with E-state index >= 15 is 0 Å². The highest BCUT2D eigenvalue weighted by molar-refractivity contribution is 7.89. The van der Waals surface area contributed by atoms with Gasteiger partial charge in [0.15, 0.2) is 0 Å². The van der Waals surface area contributed by atoms with Crippen LogP contribution in [0.2, 0.25) is 0 Å². The number of amides is 1. The second-order valence-corrected chi connectivity index (χ2v) is 8.14. The van der Waals surface area contributed by atoms with E-state index < -0.39 is 20.7 Å². The first-order valence-corrected chi connectivity index (χ1v) is 10.1. The molecule has 28 heavy (non-hydrogen) atoms. The van der Waals surface area contributed by atoms with Crippen molar-refractivity contribution in [1.82, 2.24) is 4.31 Å². The van der Waals surface area contributed by atoms with Gasteiger partial charge in [0.1, 0.15) is 16.5 Å². The fourth-order valence-corrected chi connectivity index (χ4v) is 4.38. The van der Waals surface area contributed by atoms with E-state index in [1.54, 1.807) is 24.3 Å². The fraction of sp³-hybridized carbons (Fsp3) is 0.316. The average Bonchev–Trinajstić information content (AvgIpc) is 2.70. The Morgan fingerprint density at radius 1 is 1.21 bits per heavy atom. The summed E-state index contributed by atoms with van der Waals surface area (Å²) in [6, 6.07) is 10.6. The molecule has 1 aliphatic rings. The second-order valence-electron chi connectivity index (χ2n) is 6.24. The van der Waals surface area contributed by atoms with E-state index in [1.165, 1.54) is 17.5 Å². The number of carbonyl (C=O) groups excluding carboxylic acids is 1. The lowest BCUT2D eigenvalue weighted by molar-refractivity contribution is -0.115. The summed E-state index contributed by atoms with van der Waals surface area (Å²) in [5.74, 6) is -0.585. The van der Waals surface area contributed by atoms with Gasteiger partial charge in [0.05, 0.1) is 26.7 Å². The van der Waals surface area contributed by atoms with Gasteiger partial charge in [0, 0.05) is 18.8 Å². The molecule has 9 heteroatoms. The average molecular weight is 408 g/mol. The van der Waals surface area contributed by atoms with E-state index in [-0.39, 0.29) is 44.3 Å². The largest absolute Gasteiger partial charge is 0.497 e. The minimum Gasteiger partial charge on any atom is -0.497 e. The van der Waals surface area contributed by atoms with Gasteiger partial charge in [-0.05, 0) is 35.9 Å². The number of hydrogen-bond donors (Lipinski definition) is 1. The van der Waals surface area contributed by atoms with Gasteiger partial charge in [-0.1, -0.05) is 12.1 Å². The van der Waals surface area contributed by atoms with Crippen molar-refractivity contribution in [2.75, 3.05) is 38.7 Å². The number of nitrogens with one attached hydrogen (secondary N) is 1. The molecular weight excluding hydrogens is 387 g/mol. The zero-order chi connectivity index (χ0) is 20.1. The Balaban J connectivity index is 1.76. The molecule has 1 amide bonds. The lowest BCUT2D eigenvalue weighted by Crippen LogP contribution is -2.40. The number of sulfonamides is 1. The Kier molecular flexibility index (Phi) is 6.28. The Hall–Kier alpha value is -2.49. The zero-order valence-corrected chi connectivity index (χ0v) is 16.2. The number of methoxy groups -OCH3 is 1. The van der Waals surface area contributed by atoms with Gasteiger partial charge in [-0.2, -0.15) is 4.31 Å². The van der Waals surface area contributed by atoms with Crippen molar-refractivity contribution >= 4 is 21.6 Å². The van der Waals surface area contributed by atoms with Gasteiger partial charge in [0.2, 0.25) is 15.9 Å². The van der Waals surface area contributed by atoms with E-state index in [0.29, 0.717) is 5.75 Å². The highest BCUT2D eigenvalue weighted by atomic mass is 32.2. The standard InChI is InChI=1S/C19H21FN2O5S/c1-26-16-4-2-3-14(11-16)12-19(23)21-15-5-6-17(20)18(13-15)28(24,25)22-7-9-27-10-8-22/h2-6,11,13H,7-10,12H2,1H3,(H,21,23). The van der Waals surface area contributed by atoms with E-state index in [1.807, 2.05) is 0 Å². The Bertz CT molecular complexity index is 959. The molecule has 1 saturated heterocycles.